The molecule has 1 unspecified atom stereocenters. The summed E-state index contributed by atoms with van der Waals surface area (Å²) < 4.78 is 13.9. The third-order valence-electron chi connectivity index (χ3n) is 3.09. The molecule has 6 nitrogen and oxygen atoms in total. The molecule has 0 fully saturated rings. The van der Waals surface area contributed by atoms with Gasteiger partial charge in [-0.25, -0.2) is 4.39 Å². The second-order valence-electron chi connectivity index (χ2n) is 5.79. The number of carboxylic acid groups (broad SMARTS) is 1. The van der Waals surface area contributed by atoms with Gasteiger partial charge in [-0.2, -0.15) is 0 Å². The van der Waals surface area contributed by atoms with Crippen molar-refractivity contribution in [1.82, 2.24) is 5.32 Å². The number of carbonyl (C=O) groups is 3. The Labute approximate surface area is 134 Å². The van der Waals surface area contributed by atoms with Crippen LogP contribution in [0.1, 0.15) is 37.6 Å². The minimum atomic E-state index is -1.03. The van der Waals surface area contributed by atoms with Crippen LogP contribution in [0.3, 0.4) is 0 Å². The molecule has 1 aromatic rings. The molecule has 1 rings (SSSR count). The van der Waals surface area contributed by atoms with Gasteiger partial charge >= 0.3 is 5.97 Å². The maximum atomic E-state index is 13.9. The Kier molecular flexibility index (Phi) is 6.68. The van der Waals surface area contributed by atoms with E-state index in [-0.39, 0.29) is 36.0 Å². The largest absolute Gasteiger partial charge is 0.481 e. The fourth-order valence-corrected chi connectivity index (χ4v) is 1.76. The van der Waals surface area contributed by atoms with E-state index in [9.17, 15) is 18.8 Å². The summed E-state index contributed by atoms with van der Waals surface area (Å²) in [5.74, 6) is -3.21. The average molecular weight is 324 g/mol. The van der Waals surface area contributed by atoms with Crippen molar-refractivity contribution < 1.29 is 23.9 Å². The van der Waals surface area contributed by atoms with Crippen molar-refractivity contribution in [1.29, 1.82) is 0 Å². The molecule has 23 heavy (non-hydrogen) atoms. The highest BCUT2D eigenvalue weighted by Gasteiger charge is 2.15. The lowest BCUT2D eigenvalue weighted by atomic mass is 10.1. The zero-order chi connectivity index (χ0) is 17.6. The predicted octanol–water partition coefficient (Wildman–Crippen LogP) is 2.26. The van der Waals surface area contributed by atoms with Gasteiger partial charge in [0.05, 0.1) is 11.6 Å². The lowest BCUT2D eigenvalue weighted by molar-refractivity contribution is -0.140. The highest BCUT2D eigenvalue weighted by molar-refractivity contribution is 5.96. The molecular weight excluding hydrogens is 303 g/mol. The molecule has 126 valence electrons. The predicted molar refractivity (Wildman–Crippen MR) is 83.6 cm³/mol. The summed E-state index contributed by atoms with van der Waals surface area (Å²) >= 11 is 0. The van der Waals surface area contributed by atoms with Crippen LogP contribution in [0, 0.1) is 17.7 Å². The monoisotopic (exact) mass is 324 g/mol. The van der Waals surface area contributed by atoms with Crippen molar-refractivity contribution in [2.24, 2.45) is 11.8 Å². The molecule has 1 aromatic carbocycles. The van der Waals surface area contributed by atoms with Gasteiger partial charge in [0.15, 0.2) is 0 Å². The molecule has 3 N–H and O–H groups in total. The van der Waals surface area contributed by atoms with E-state index >= 15 is 0 Å². The Bertz CT molecular complexity index is 602. The van der Waals surface area contributed by atoms with E-state index < -0.39 is 23.6 Å². The van der Waals surface area contributed by atoms with Crippen LogP contribution in [-0.2, 0) is 9.59 Å². The molecular formula is C16H21FN2O4. The van der Waals surface area contributed by atoms with Gasteiger partial charge in [-0.3, -0.25) is 14.4 Å². The molecule has 0 saturated heterocycles. The molecule has 0 saturated carbocycles. The van der Waals surface area contributed by atoms with Gasteiger partial charge in [-0.15, -0.1) is 0 Å². The Balaban J connectivity index is 2.70. The summed E-state index contributed by atoms with van der Waals surface area (Å²) in [4.78, 5) is 34.1. The van der Waals surface area contributed by atoms with Crippen molar-refractivity contribution in [2.75, 3.05) is 11.9 Å². The Morgan fingerprint density at radius 2 is 1.87 bits per heavy atom. The smallest absolute Gasteiger partial charge is 0.308 e. The van der Waals surface area contributed by atoms with Crippen LogP contribution in [0.2, 0.25) is 0 Å². The normalized spacial score (nSPS) is 11.9. The van der Waals surface area contributed by atoms with Gasteiger partial charge in [-0.1, -0.05) is 20.8 Å². The van der Waals surface area contributed by atoms with E-state index in [1.165, 1.54) is 19.1 Å². The summed E-state index contributed by atoms with van der Waals surface area (Å²) in [6, 6.07) is 3.68. The minimum absolute atomic E-state index is 0.00565. The Hall–Kier alpha value is -2.44. The Morgan fingerprint density at radius 3 is 2.39 bits per heavy atom. The number of anilines is 1. The number of hydrogen-bond acceptors (Lipinski definition) is 3. The molecule has 0 spiro atoms. The lowest BCUT2D eigenvalue weighted by Crippen LogP contribution is -2.31. The van der Waals surface area contributed by atoms with Gasteiger partial charge in [-0.05, 0) is 24.1 Å². The molecule has 0 bridgehead atoms. The highest BCUT2D eigenvalue weighted by atomic mass is 19.1. The maximum absolute atomic E-state index is 13.9. The summed E-state index contributed by atoms with van der Waals surface area (Å²) in [5.41, 5.74) is 0.0630. The van der Waals surface area contributed by atoms with Crippen LogP contribution in [0.4, 0.5) is 10.1 Å². The quantitative estimate of drug-likeness (QED) is 0.717. The lowest BCUT2D eigenvalue weighted by Gasteiger charge is -2.11. The number of carboxylic acids is 1. The molecule has 7 heteroatoms. The van der Waals surface area contributed by atoms with Gasteiger partial charge in [0.25, 0.3) is 5.91 Å². The number of carbonyl (C=O) groups excluding carboxylic acids is 2. The van der Waals surface area contributed by atoms with Crippen LogP contribution in [-0.4, -0.2) is 29.4 Å². The van der Waals surface area contributed by atoms with Gasteiger partial charge in [0.2, 0.25) is 5.91 Å². The molecule has 2 amide bonds. The van der Waals surface area contributed by atoms with E-state index in [1.54, 1.807) is 0 Å². The molecule has 0 aliphatic rings. The van der Waals surface area contributed by atoms with Gasteiger partial charge in [0.1, 0.15) is 5.82 Å². The first-order valence-electron chi connectivity index (χ1n) is 7.31. The van der Waals surface area contributed by atoms with Crippen molar-refractivity contribution in [3.05, 3.63) is 29.6 Å². The van der Waals surface area contributed by atoms with Gasteiger partial charge < -0.3 is 15.7 Å². The first-order chi connectivity index (χ1) is 10.7. The molecule has 0 aliphatic heterocycles. The van der Waals surface area contributed by atoms with Crippen LogP contribution in [0.25, 0.3) is 0 Å². The SMILES string of the molecule is CC(C)CC(=O)Nc1ccc(C(=O)NCC(C)C(=O)O)cc1F. The number of benzene rings is 1. The average Bonchev–Trinajstić information content (AvgIpc) is 2.45. The molecule has 0 heterocycles. The first kappa shape index (κ1) is 18.6. The number of hydrogen-bond donors (Lipinski definition) is 3. The van der Waals surface area contributed by atoms with Crippen LogP contribution in [0.5, 0.6) is 0 Å². The fourth-order valence-electron chi connectivity index (χ4n) is 1.76. The van der Waals surface area contributed by atoms with Crippen molar-refractivity contribution >= 4 is 23.5 Å². The summed E-state index contributed by atoms with van der Waals surface area (Å²) in [7, 11) is 0. The maximum Gasteiger partial charge on any atom is 0.308 e. The summed E-state index contributed by atoms with van der Waals surface area (Å²) in [6.07, 6.45) is 0.273. The second kappa shape index (κ2) is 8.26. The molecule has 0 radical (unpaired) electrons. The van der Waals surface area contributed by atoms with Crippen molar-refractivity contribution in [2.45, 2.75) is 27.2 Å². The molecule has 1 atom stereocenters. The van der Waals surface area contributed by atoms with Crippen LogP contribution >= 0.6 is 0 Å². The third-order valence-corrected chi connectivity index (χ3v) is 3.09. The van der Waals surface area contributed by atoms with Gasteiger partial charge in [0, 0.05) is 18.5 Å². The highest BCUT2D eigenvalue weighted by Crippen LogP contribution is 2.17. The van der Waals surface area contributed by atoms with E-state index in [1.807, 2.05) is 13.8 Å². The van der Waals surface area contributed by atoms with E-state index in [0.29, 0.717) is 0 Å². The molecule has 0 aromatic heterocycles. The third kappa shape index (κ3) is 6.06. The number of nitrogens with one attached hydrogen (secondary N) is 2. The van der Waals surface area contributed by atoms with E-state index in [0.717, 1.165) is 6.07 Å². The number of aliphatic carboxylic acids is 1. The van der Waals surface area contributed by atoms with Crippen LogP contribution in [0.15, 0.2) is 18.2 Å². The second-order valence-corrected chi connectivity index (χ2v) is 5.79. The van der Waals surface area contributed by atoms with E-state index in [4.69, 9.17) is 5.11 Å². The van der Waals surface area contributed by atoms with Crippen molar-refractivity contribution in [3.63, 3.8) is 0 Å². The zero-order valence-electron chi connectivity index (χ0n) is 13.4. The number of rotatable bonds is 7. The summed E-state index contributed by atoms with van der Waals surface area (Å²) in [6.45, 7) is 5.15. The number of amides is 2. The minimum Gasteiger partial charge on any atom is -0.481 e. The zero-order valence-corrected chi connectivity index (χ0v) is 13.4. The summed E-state index contributed by atoms with van der Waals surface area (Å²) in [5, 5.41) is 13.6. The van der Waals surface area contributed by atoms with Crippen LogP contribution < -0.4 is 10.6 Å². The topological polar surface area (TPSA) is 95.5 Å². The standard InChI is InChI=1S/C16H21FN2O4/c1-9(2)6-14(20)19-13-5-4-11(7-12(13)17)15(21)18-8-10(3)16(22)23/h4-5,7,9-10H,6,8H2,1-3H3,(H,18,21)(H,19,20)(H,22,23). The Morgan fingerprint density at radius 1 is 1.22 bits per heavy atom. The first-order valence-corrected chi connectivity index (χ1v) is 7.31. The number of halogens is 1. The molecule has 0 aliphatic carbocycles. The fraction of sp³-hybridized carbons (Fsp3) is 0.438. The van der Waals surface area contributed by atoms with E-state index in [2.05, 4.69) is 10.6 Å². The van der Waals surface area contributed by atoms with Crippen molar-refractivity contribution in [3.8, 4) is 0 Å².